The fraction of sp³-hybridized carbons (Fsp3) is 0.0625. The molecule has 0 saturated carbocycles. The molecule has 0 atom stereocenters. The molecule has 106 valence electrons. The predicted molar refractivity (Wildman–Crippen MR) is 78.4 cm³/mol. The average Bonchev–Trinajstić information content (AvgIpc) is 2.49. The number of nitrogens with two attached hydrogens (primary N) is 1. The number of amides is 1. The second kappa shape index (κ2) is 6.55. The number of phenols is 1. The summed E-state index contributed by atoms with van der Waals surface area (Å²) in [5, 5.41) is 12.1. The van der Waals surface area contributed by atoms with Crippen molar-refractivity contribution in [3.8, 4) is 17.6 Å². The van der Waals surface area contributed by atoms with Crippen LogP contribution < -0.4 is 11.1 Å². The lowest BCUT2D eigenvalue weighted by atomic mass is 10.1. The topological polar surface area (TPSA) is 75.3 Å². The molecule has 0 aliphatic heterocycles. The fourth-order valence-corrected chi connectivity index (χ4v) is 1.68. The minimum absolute atomic E-state index is 0.123. The van der Waals surface area contributed by atoms with E-state index in [1.165, 1.54) is 0 Å². The number of phenolic OH excluding ortho intramolecular Hbond substituents is 1. The van der Waals surface area contributed by atoms with Gasteiger partial charge in [0, 0.05) is 11.3 Å². The third kappa shape index (κ3) is 3.81. The number of aromatic hydroxyl groups is 1. The number of benzene rings is 2. The van der Waals surface area contributed by atoms with Gasteiger partial charge in [0.1, 0.15) is 11.6 Å². The van der Waals surface area contributed by atoms with E-state index in [-0.39, 0.29) is 17.9 Å². The smallest absolute Gasteiger partial charge is 0.259 e. The Labute approximate surface area is 121 Å². The molecule has 4 N–H and O–H groups in total. The molecule has 0 saturated heterocycles. The maximum absolute atomic E-state index is 13.1. The van der Waals surface area contributed by atoms with Gasteiger partial charge in [0.25, 0.3) is 5.91 Å². The van der Waals surface area contributed by atoms with Crippen molar-refractivity contribution in [1.82, 2.24) is 0 Å². The molecule has 0 heterocycles. The van der Waals surface area contributed by atoms with Crippen molar-refractivity contribution in [3.63, 3.8) is 0 Å². The molecule has 0 radical (unpaired) electrons. The Hall–Kier alpha value is -2.84. The molecule has 21 heavy (non-hydrogen) atoms. The highest BCUT2D eigenvalue weighted by Crippen LogP contribution is 2.19. The minimum atomic E-state index is -0.592. The summed E-state index contributed by atoms with van der Waals surface area (Å²) < 4.78 is 13.1. The number of rotatable bonds is 2. The summed E-state index contributed by atoms with van der Waals surface area (Å²) in [7, 11) is 0. The van der Waals surface area contributed by atoms with Crippen molar-refractivity contribution in [2.24, 2.45) is 5.73 Å². The second-order valence-corrected chi connectivity index (χ2v) is 4.20. The molecule has 0 aliphatic rings. The lowest BCUT2D eigenvalue weighted by molar-refractivity contribution is 0.102. The van der Waals surface area contributed by atoms with Crippen molar-refractivity contribution in [2.45, 2.75) is 0 Å². The van der Waals surface area contributed by atoms with Gasteiger partial charge in [-0.2, -0.15) is 0 Å². The summed E-state index contributed by atoms with van der Waals surface area (Å²) in [4.78, 5) is 12.0. The average molecular weight is 284 g/mol. The maximum Gasteiger partial charge on any atom is 0.259 e. The van der Waals surface area contributed by atoms with Gasteiger partial charge in [-0.1, -0.05) is 11.8 Å². The standard InChI is InChI=1S/C16H13FN2O2/c17-12-5-8-15(20)14(10-12)16(21)19-13-6-3-11(4-7-13)2-1-9-18/h3-8,10,20H,9,18H2,(H,19,21). The van der Waals surface area contributed by atoms with Crippen LogP contribution in [-0.2, 0) is 0 Å². The van der Waals surface area contributed by atoms with Crippen LogP contribution in [0.15, 0.2) is 42.5 Å². The van der Waals surface area contributed by atoms with Crippen LogP contribution in [0.3, 0.4) is 0 Å². The van der Waals surface area contributed by atoms with Crippen molar-refractivity contribution in [3.05, 3.63) is 59.4 Å². The molecule has 5 heteroatoms. The molecular weight excluding hydrogens is 271 g/mol. The SMILES string of the molecule is NCC#Cc1ccc(NC(=O)c2cc(F)ccc2O)cc1. The van der Waals surface area contributed by atoms with Gasteiger partial charge in [-0.25, -0.2) is 4.39 Å². The van der Waals surface area contributed by atoms with Crippen LogP contribution in [0.1, 0.15) is 15.9 Å². The van der Waals surface area contributed by atoms with Gasteiger partial charge in [-0.15, -0.1) is 0 Å². The number of hydrogen-bond donors (Lipinski definition) is 3. The summed E-state index contributed by atoms with van der Waals surface area (Å²) in [6.07, 6.45) is 0. The van der Waals surface area contributed by atoms with E-state index in [1.807, 2.05) is 0 Å². The van der Waals surface area contributed by atoms with Crippen LogP contribution in [0.4, 0.5) is 10.1 Å². The van der Waals surface area contributed by atoms with E-state index >= 15 is 0 Å². The summed E-state index contributed by atoms with van der Waals surface area (Å²) in [5.74, 6) is 4.12. The first kappa shape index (κ1) is 14.6. The van der Waals surface area contributed by atoms with Gasteiger partial charge in [0.2, 0.25) is 0 Å². The van der Waals surface area contributed by atoms with E-state index in [2.05, 4.69) is 17.2 Å². The Morgan fingerprint density at radius 2 is 1.95 bits per heavy atom. The van der Waals surface area contributed by atoms with Gasteiger partial charge in [0.15, 0.2) is 0 Å². The Balaban J connectivity index is 2.14. The molecule has 0 aromatic heterocycles. The van der Waals surface area contributed by atoms with Crippen molar-refractivity contribution < 1.29 is 14.3 Å². The van der Waals surface area contributed by atoms with Gasteiger partial charge in [0.05, 0.1) is 12.1 Å². The summed E-state index contributed by atoms with van der Waals surface area (Å²) in [6.45, 7) is 0.275. The third-order valence-electron chi connectivity index (χ3n) is 2.68. The van der Waals surface area contributed by atoms with Gasteiger partial charge >= 0.3 is 0 Å². The molecule has 4 nitrogen and oxygen atoms in total. The zero-order valence-corrected chi connectivity index (χ0v) is 11.1. The molecule has 1 amide bonds. The molecule has 2 rings (SSSR count). The van der Waals surface area contributed by atoms with Crippen molar-refractivity contribution in [1.29, 1.82) is 0 Å². The summed E-state index contributed by atoms with van der Waals surface area (Å²) in [5.41, 5.74) is 6.44. The van der Waals surface area contributed by atoms with Crippen LogP contribution >= 0.6 is 0 Å². The highest BCUT2D eigenvalue weighted by molar-refractivity contribution is 6.06. The first-order chi connectivity index (χ1) is 10.1. The Bertz CT molecular complexity index is 715. The molecule has 0 fully saturated rings. The zero-order chi connectivity index (χ0) is 15.2. The van der Waals surface area contributed by atoms with Crippen LogP contribution in [0.2, 0.25) is 0 Å². The number of hydrogen-bond acceptors (Lipinski definition) is 3. The zero-order valence-electron chi connectivity index (χ0n) is 11.1. The Morgan fingerprint density at radius 3 is 2.62 bits per heavy atom. The minimum Gasteiger partial charge on any atom is -0.507 e. The van der Waals surface area contributed by atoms with Crippen molar-refractivity contribution in [2.75, 3.05) is 11.9 Å². The number of carbonyl (C=O) groups is 1. The van der Waals surface area contributed by atoms with Crippen LogP contribution in [-0.4, -0.2) is 17.6 Å². The number of halogens is 1. The van der Waals surface area contributed by atoms with E-state index in [0.29, 0.717) is 5.69 Å². The molecular formula is C16H13FN2O2. The molecule has 0 aliphatic carbocycles. The molecule has 0 bridgehead atoms. The Kier molecular flexibility index (Phi) is 4.54. The second-order valence-electron chi connectivity index (χ2n) is 4.20. The third-order valence-corrected chi connectivity index (χ3v) is 2.68. The van der Waals surface area contributed by atoms with Gasteiger partial charge in [-0.3, -0.25) is 4.79 Å². The largest absolute Gasteiger partial charge is 0.507 e. The highest BCUT2D eigenvalue weighted by Gasteiger charge is 2.12. The van der Waals surface area contributed by atoms with Gasteiger partial charge < -0.3 is 16.2 Å². The van der Waals surface area contributed by atoms with E-state index < -0.39 is 11.7 Å². The van der Waals surface area contributed by atoms with Crippen LogP contribution in [0.25, 0.3) is 0 Å². The number of carbonyl (C=O) groups excluding carboxylic acids is 1. The predicted octanol–water partition coefficient (Wildman–Crippen LogP) is 2.09. The van der Waals surface area contributed by atoms with Crippen molar-refractivity contribution >= 4 is 11.6 Å². The van der Waals surface area contributed by atoms with Crippen LogP contribution in [0, 0.1) is 17.7 Å². The lowest BCUT2D eigenvalue weighted by Crippen LogP contribution is -2.12. The first-order valence-corrected chi connectivity index (χ1v) is 6.19. The van der Waals surface area contributed by atoms with E-state index in [4.69, 9.17) is 5.73 Å². The normalized spacial score (nSPS) is 9.62. The fourth-order valence-electron chi connectivity index (χ4n) is 1.68. The number of nitrogens with one attached hydrogen (secondary N) is 1. The Morgan fingerprint density at radius 1 is 1.24 bits per heavy atom. The molecule has 0 unspecified atom stereocenters. The highest BCUT2D eigenvalue weighted by atomic mass is 19.1. The number of anilines is 1. The molecule has 0 spiro atoms. The van der Waals surface area contributed by atoms with E-state index in [0.717, 1.165) is 23.8 Å². The maximum atomic E-state index is 13.1. The summed E-state index contributed by atoms with van der Waals surface area (Å²) in [6, 6.07) is 9.97. The van der Waals surface area contributed by atoms with E-state index in [1.54, 1.807) is 24.3 Å². The first-order valence-electron chi connectivity index (χ1n) is 6.19. The molecule has 2 aromatic carbocycles. The van der Waals surface area contributed by atoms with E-state index in [9.17, 15) is 14.3 Å². The van der Waals surface area contributed by atoms with Crippen LogP contribution in [0.5, 0.6) is 5.75 Å². The van der Waals surface area contributed by atoms with Gasteiger partial charge in [-0.05, 0) is 42.5 Å². The molecule has 2 aromatic rings. The summed E-state index contributed by atoms with van der Waals surface area (Å²) >= 11 is 0. The monoisotopic (exact) mass is 284 g/mol. The lowest BCUT2D eigenvalue weighted by Gasteiger charge is -2.07. The quantitative estimate of drug-likeness (QED) is 0.739.